The molecule has 0 aliphatic rings. The van der Waals surface area contributed by atoms with Gasteiger partial charge in [-0.15, -0.1) is 10.2 Å². The Morgan fingerprint density at radius 1 is 1.26 bits per heavy atom. The molecule has 1 rings (SSSR count). The second-order valence-electron chi connectivity index (χ2n) is 4.54. The van der Waals surface area contributed by atoms with Crippen LogP contribution in [0.25, 0.3) is 0 Å². The number of rotatable bonds is 5. The molecule has 0 aromatic carbocycles. The molecule has 0 aliphatic heterocycles. The van der Waals surface area contributed by atoms with E-state index in [1.54, 1.807) is 6.92 Å². The summed E-state index contributed by atoms with van der Waals surface area (Å²) in [5.41, 5.74) is 0. The summed E-state index contributed by atoms with van der Waals surface area (Å²) in [5.74, 6) is -0.0426. The van der Waals surface area contributed by atoms with Gasteiger partial charge in [0.05, 0.1) is 6.42 Å². The third kappa shape index (κ3) is 5.27. The van der Waals surface area contributed by atoms with Crippen molar-refractivity contribution >= 4 is 5.91 Å². The predicted molar refractivity (Wildman–Crippen MR) is 60.2 cm³/mol. The van der Waals surface area contributed by atoms with E-state index in [4.69, 9.17) is 4.42 Å². The van der Waals surface area contributed by atoms with Gasteiger partial charge in [-0.1, -0.05) is 13.8 Å². The van der Waals surface area contributed by atoms with Crippen molar-refractivity contribution in [1.82, 2.24) is 15.5 Å². The van der Waals surface area contributed by atoms with E-state index in [0.29, 0.717) is 5.89 Å². The Balaban J connectivity index is 2.49. The number of carbonyl (C=O) groups is 1. The van der Waals surface area contributed by atoms with Gasteiger partial charge in [0.25, 0.3) is 0 Å². The highest BCUT2D eigenvalue weighted by Gasteiger charge is 2.28. The summed E-state index contributed by atoms with van der Waals surface area (Å²) in [7, 11) is 0. The van der Waals surface area contributed by atoms with Gasteiger partial charge in [0.1, 0.15) is 6.04 Å². The fourth-order valence-corrected chi connectivity index (χ4v) is 1.29. The molecule has 1 atom stereocenters. The minimum Gasteiger partial charge on any atom is -0.423 e. The van der Waals surface area contributed by atoms with Gasteiger partial charge in [-0.3, -0.25) is 4.79 Å². The summed E-state index contributed by atoms with van der Waals surface area (Å²) in [5, 5.41) is 9.91. The smallest absolute Gasteiger partial charge is 0.389 e. The average molecular weight is 279 g/mol. The van der Waals surface area contributed by atoms with Gasteiger partial charge in [-0.25, -0.2) is 0 Å². The fraction of sp³-hybridized carbons (Fsp3) is 0.727. The van der Waals surface area contributed by atoms with Gasteiger partial charge in [-0.2, -0.15) is 13.2 Å². The van der Waals surface area contributed by atoms with Gasteiger partial charge >= 0.3 is 6.18 Å². The number of hydrogen-bond donors (Lipinski definition) is 1. The fourth-order valence-electron chi connectivity index (χ4n) is 1.29. The van der Waals surface area contributed by atoms with Crippen molar-refractivity contribution < 1.29 is 22.4 Å². The first kappa shape index (κ1) is 15.5. The molecule has 1 aromatic heterocycles. The standard InChI is InChI=1S/C11H16F3N3O2/c1-6(2)9-16-17-10(19-9)7(3)15-8(18)4-5-11(12,13)14/h6-7H,4-5H2,1-3H3,(H,15,18). The first-order chi connectivity index (χ1) is 8.69. The van der Waals surface area contributed by atoms with E-state index in [9.17, 15) is 18.0 Å². The predicted octanol–water partition coefficient (Wildman–Crippen LogP) is 2.71. The summed E-state index contributed by atoms with van der Waals surface area (Å²) in [4.78, 5) is 11.3. The Bertz CT molecular complexity index is 429. The van der Waals surface area contributed by atoms with Crippen molar-refractivity contribution in [2.24, 2.45) is 0 Å². The third-order valence-corrected chi connectivity index (χ3v) is 2.33. The molecule has 108 valence electrons. The Labute approximate surface area is 108 Å². The summed E-state index contributed by atoms with van der Waals surface area (Å²) >= 11 is 0. The lowest BCUT2D eigenvalue weighted by atomic mass is 10.2. The molecule has 8 heteroatoms. The van der Waals surface area contributed by atoms with Crippen LogP contribution in [-0.4, -0.2) is 22.3 Å². The van der Waals surface area contributed by atoms with E-state index in [-0.39, 0.29) is 11.8 Å². The Morgan fingerprint density at radius 2 is 1.84 bits per heavy atom. The van der Waals surface area contributed by atoms with Crippen LogP contribution in [0.3, 0.4) is 0 Å². The van der Waals surface area contributed by atoms with E-state index >= 15 is 0 Å². The van der Waals surface area contributed by atoms with Crippen molar-refractivity contribution in [3.63, 3.8) is 0 Å². The topological polar surface area (TPSA) is 68.0 Å². The van der Waals surface area contributed by atoms with Crippen LogP contribution >= 0.6 is 0 Å². The second kappa shape index (κ2) is 6.03. The molecule has 0 saturated carbocycles. The van der Waals surface area contributed by atoms with Crippen molar-refractivity contribution in [2.45, 2.75) is 51.7 Å². The lowest BCUT2D eigenvalue weighted by Crippen LogP contribution is -2.28. The summed E-state index contributed by atoms with van der Waals surface area (Å²) in [6, 6.07) is -0.610. The second-order valence-corrected chi connectivity index (χ2v) is 4.54. The van der Waals surface area contributed by atoms with Gasteiger partial charge in [0.2, 0.25) is 17.7 Å². The summed E-state index contributed by atoms with van der Waals surface area (Å²) < 4.78 is 41.1. The van der Waals surface area contributed by atoms with Crippen LogP contribution in [0.15, 0.2) is 4.42 Å². The number of amides is 1. The van der Waals surface area contributed by atoms with Crippen molar-refractivity contribution in [3.8, 4) is 0 Å². The molecule has 0 saturated heterocycles. The van der Waals surface area contributed by atoms with E-state index in [1.807, 2.05) is 13.8 Å². The van der Waals surface area contributed by atoms with Gasteiger partial charge in [0.15, 0.2) is 0 Å². The zero-order valence-electron chi connectivity index (χ0n) is 10.9. The zero-order chi connectivity index (χ0) is 14.6. The molecule has 0 fully saturated rings. The highest BCUT2D eigenvalue weighted by molar-refractivity contribution is 5.76. The largest absolute Gasteiger partial charge is 0.423 e. The van der Waals surface area contributed by atoms with E-state index in [2.05, 4.69) is 15.5 Å². The highest BCUT2D eigenvalue weighted by Crippen LogP contribution is 2.22. The van der Waals surface area contributed by atoms with Crippen LogP contribution in [0.2, 0.25) is 0 Å². The van der Waals surface area contributed by atoms with Crippen LogP contribution in [-0.2, 0) is 4.79 Å². The number of aromatic nitrogens is 2. The molecule has 1 heterocycles. The van der Waals surface area contributed by atoms with E-state index in [0.717, 1.165) is 0 Å². The van der Waals surface area contributed by atoms with Gasteiger partial charge in [0, 0.05) is 12.3 Å². The lowest BCUT2D eigenvalue weighted by molar-refractivity contribution is -0.144. The van der Waals surface area contributed by atoms with Crippen LogP contribution < -0.4 is 5.32 Å². The maximum atomic E-state index is 11.9. The summed E-state index contributed by atoms with van der Waals surface area (Å²) in [6.45, 7) is 5.30. The number of alkyl halides is 3. The quantitative estimate of drug-likeness (QED) is 0.899. The Morgan fingerprint density at radius 3 is 2.32 bits per heavy atom. The number of hydrogen-bond acceptors (Lipinski definition) is 4. The van der Waals surface area contributed by atoms with Crippen LogP contribution in [0.5, 0.6) is 0 Å². The first-order valence-electron chi connectivity index (χ1n) is 5.88. The number of carbonyl (C=O) groups excluding carboxylic acids is 1. The van der Waals surface area contributed by atoms with Crippen molar-refractivity contribution in [1.29, 1.82) is 0 Å². The summed E-state index contributed by atoms with van der Waals surface area (Å²) in [6.07, 6.45) is -6.10. The number of nitrogens with zero attached hydrogens (tertiary/aromatic N) is 2. The maximum absolute atomic E-state index is 11.9. The molecule has 1 unspecified atom stereocenters. The van der Waals surface area contributed by atoms with Crippen LogP contribution in [0, 0.1) is 0 Å². The van der Waals surface area contributed by atoms with Crippen LogP contribution in [0.4, 0.5) is 13.2 Å². The lowest BCUT2D eigenvalue weighted by Gasteiger charge is -2.10. The SMILES string of the molecule is CC(C)c1nnc(C(C)NC(=O)CCC(F)(F)F)o1. The number of nitrogens with one attached hydrogen (secondary N) is 1. The average Bonchev–Trinajstić information content (AvgIpc) is 2.74. The minimum absolute atomic E-state index is 0.0504. The molecule has 0 spiro atoms. The van der Waals surface area contributed by atoms with Gasteiger partial charge < -0.3 is 9.73 Å². The first-order valence-corrected chi connectivity index (χ1v) is 5.88. The minimum atomic E-state index is -4.34. The monoisotopic (exact) mass is 279 g/mol. The molecule has 1 aromatic rings. The van der Waals surface area contributed by atoms with Crippen LogP contribution in [0.1, 0.15) is 57.4 Å². The zero-order valence-corrected chi connectivity index (χ0v) is 10.9. The van der Waals surface area contributed by atoms with Gasteiger partial charge in [-0.05, 0) is 6.92 Å². The Hall–Kier alpha value is -1.60. The third-order valence-electron chi connectivity index (χ3n) is 2.33. The van der Waals surface area contributed by atoms with E-state index < -0.39 is 31.0 Å². The highest BCUT2D eigenvalue weighted by atomic mass is 19.4. The molecule has 1 N–H and O–H groups in total. The molecule has 5 nitrogen and oxygen atoms in total. The van der Waals surface area contributed by atoms with E-state index in [1.165, 1.54) is 0 Å². The number of halogens is 3. The molecule has 1 amide bonds. The molecule has 0 bridgehead atoms. The molecule has 0 radical (unpaired) electrons. The van der Waals surface area contributed by atoms with Crippen molar-refractivity contribution in [2.75, 3.05) is 0 Å². The molecular weight excluding hydrogens is 263 g/mol. The Kier molecular flexibility index (Phi) is 4.90. The normalized spacial score (nSPS) is 13.6. The molecule has 19 heavy (non-hydrogen) atoms. The molecular formula is C11H16F3N3O2. The molecule has 0 aliphatic carbocycles. The van der Waals surface area contributed by atoms with Crippen molar-refractivity contribution in [3.05, 3.63) is 11.8 Å². The maximum Gasteiger partial charge on any atom is 0.389 e.